The fraction of sp³-hybridized carbons (Fsp3) is 0.500. The number of allylic oxidation sites excluding steroid dienone is 10. The van der Waals surface area contributed by atoms with Crippen molar-refractivity contribution in [2.45, 2.75) is 71.1 Å². The quantitative estimate of drug-likeness (QED) is 0.185. The van der Waals surface area contributed by atoms with Crippen molar-refractivity contribution in [3.63, 3.8) is 0 Å². The van der Waals surface area contributed by atoms with Crippen molar-refractivity contribution < 1.29 is 4.79 Å². The molecule has 1 heteroatoms. The van der Waals surface area contributed by atoms with Gasteiger partial charge >= 0.3 is 0 Å². The highest BCUT2D eigenvalue weighted by atomic mass is 16.1. The van der Waals surface area contributed by atoms with Crippen LogP contribution in [0.3, 0.4) is 0 Å². The van der Waals surface area contributed by atoms with E-state index in [1.807, 2.05) is 30.4 Å². The maximum Gasteiger partial charge on any atom is 0.225 e. The Morgan fingerprint density at radius 3 is 1.65 bits per heavy atom. The Morgan fingerprint density at radius 2 is 1.09 bits per heavy atom. The van der Waals surface area contributed by atoms with Crippen LogP contribution < -0.4 is 0 Å². The molecule has 0 N–H and O–H groups in total. The number of unbranched alkanes of at least 4 members (excludes halogenated alkanes) is 9. The molecule has 0 bridgehead atoms. The zero-order valence-electron chi connectivity index (χ0n) is 14.8. The lowest BCUT2D eigenvalue weighted by Gasteiger charge is -2.00. The van der Waals surface area contributed by atoms with Crippen molar-refractivity contribution in [1.82, 2.24) is 0 Å². The summed E-state index contributed by atoms with van der Waals surface area (Å²) < 4.78 is 0. The molecule has 0 fully saturated rings. The summed E-state index contributed by atoms with van der Waals surface area (Å²) in [5, 5.41) is 0. The molecule has 0 spiro atoms. The van der Waals surface area contributed by atoms with E-state index in [1.165, 1.54) is 70.3 Å². The lowest BCUT2D eigenvalue weighted by molar-refractivity contribution is 0.564. The third-order valence-electron chi connectivity index (χ3n) is 3.55. The topological polar surface area (TPSA) is 17.1 Å². The Labute approximate surface area is 143 Å². The summed E-state index contributed by atoms with van der Waals surface area (Å²) in [6, 6.07) is 0. The van der Waals surface area contributed by atoms with Crippen LogP contribution in [0, 0.1) is 0 Å². The molecule has 23 heavy (non-hydrogen) atoms. The van der Waals surface area contributed by atoms with Crippen LogP contribution in [0.5, 0.6) is 0 Å². The van der Waals surface area contributed by atoms with Crippen LogP contribution in [0.25, 0.3) is 0 Å². The van der Waals surface area contributed by atoms with E-state index < -0.39 is 0 Å². The highest BCUT2D eigenvalue weighted by Crippen LogP contribution is 2.10. The normalized spacial score (nSPS) is 12.7. The second kappa shape index (κ2) is 20.4. The highest BCUT2D eigenvalue weighted by molar-refractivity contribution is 5.66. The lowest BCUT2D eigenvalue weighted by Crippen LogP contribution is -1.80. The maximum absolute atomic E-state index is 9.90. The van der Waals surface area contributed by atoms with Crippen molar-refractivity contribution in [2.24, 2.45) is 0 Å². The van der Waals surface area contributed by atoms with Crippen molar-refractivity contribution in [3.05, 3.63) is 60.8 Å². The summed E-state index contributed by atoms with van der Waals surface area (Å²) in [5.41, 5.74) is 0. The number of hydrogen-bond donors (Lipinski definition) is 0. The van der Waals surface area contributed by atoms with Gasteiger partial charge in [0.2, 0.25) is 6.29 Å². The predicted octanol–water partition coefficient (Wildman–Crippen LogP) is 6.80. The Morgan fingerprint density at radius 1 is 0.609 bits per heavy atom. The average molecular weight is 314 g/mol. The van der Waals surface area contributed by atoms with E-state index >= 15 is 0 Å². The van der Waals surface area contributed by atoms with E-state index in [1.54, 1.807) is 18.4 Å². The maximum atomic E-state index is 9.90. The van der Waals surface area contributed by atoms with Crippen LogP contribution in [0.15, 0.2) is 60.8 Å². The van der Waals surface area contributed by atoms with Crippen molar-refractivity contribution in [3.8, 4) is 0 Å². The third-order valence-corrected chi connectivity index (χ3v) is 3.55. The number of carbonyl (C=O) groups excluding carboxylic acids is 1. The molecule has 0 aliphatic carbocycles. The van der Waals surface area contributed by atoms with Gasteiger partial charge in [-0.05, 0) is 18.9 Å². The first-order valence-electron chi connectivity index (χ1n) is 9.11. The summed E-state index contributed by atoms with van der Waals surface area (Å²) in [5.74, 6) is 0. The van der Waals surface area contributed by atoms with E-state index in [9.17, 15) is 4.79 Å². The second-order valence-electron chi connectivity index (χ2n) is 5.68. The summed E-state index contributed by atoms with van der Waals surface area (Å²) in [6.45, 7) is 2.27. The Balaban J connectivity index is 3.38. The first-order valence-corrected chi connectivity index (χ1v) is 9.11. The minimum atomic E-state index is 1.18. The average Bonchev–Trinajstić information content (AvgIpc) is 2.57. The van der Waals surface area contributed by atoms with Crippen LogP contribution in [0.2, 0.25) is 0 Å². The standard InChI is InChI=1S/C22H33O/c1-2-3-4-5-6-7-8-9-10-11-12-13-14-15-16-17-18-19-20-21-22-23/h12-21H,2-11H2,1H3/b13-12-,15-14+,17-16-,19-18+,21-20+. The molecule has 0 aromatic heterocycles. The van der Waals surface area contributed by atoms with Gasteiger partial charge in [0.1, 0.15) is 0 Å². The molecule has 1 radical (unpaired) electrons. The number of rotatable bonds is 15. The predicted molar refractivity (Wildman–Crippen MR) is 103 cm³/mol. The van der Waals surface area contributed by atoms with Crippen LogP contribution in [0.1, 0.15) is 71.1 Å². The molecule has 0 saturated heterocycles. The monoisotopic (exact) mass is 313 g/mol. The summed E-state index contributed by atoms with van der Waals surface area (Å²) in [7, 11) is 0. The summed E-state index contributed by atoms with van der Waals surface area (Å²) >= 11 is 0. The fourth-order valence-corrected chi connectivity index (χ4v) is 2.23. The molecule has 0 atom stereocenters. The van der Waals surface area contributed by atoms with Gasteiger partial charge in [-0.15, -0.1) is 0 Å². The molecule has 0 aromatic carbocycles. The van der Waals surface area contributed by atoms with Gasteiger partial charge in [-0.3, -0.25) is 4.79 Å². The fourth-order valence-electron chi connectivity index (χ4n) is 2.23. The Bertz CT molecular complexity index is 383. The first kappa shape index (κ1) is 21.4. The van der Waals surface area contributed by atoms with Gasteiger partial charge in [-0.25, -0.2) is 0 Å². The van der Waals surface area contributed by atoms with E-state index in [4.69, 9.17) is 0 Å². The van der Waals surface area contributed by atoms with Crippen LogP contribution in [-0.4, -0.2) is 6.29 Å². The van der Waals surface area contributed by atoms with Gasteiger partial charge in [0.05, 0.1) is 0 Å². The molecule has 0 heterocycles. The lowest BCUT2D eigenvalue weighted by atomic mass is 10.1. The summed E-state index contributed by atoms with van der Waals surface area (Å²) in [6.07, 6.45) is 34.3. The van der Waals surface area contributed by atoms with Crippen LogP contribution in [0.4, 0.5) is 0 Å². The van der Waals surface area contributed by atoms with Crippen molar-refractivity contribution >= 4 is 6.29 Å². The van der Waals surface area contributed by atoms with Crippen LogP contribution in [-0.2, 0) is 4.79 Å². The smallest absolute Gasteiger partial charge is 0.225 e. The SMILES string of the molecule is CCCCCCCCCCC\C=C/C=C/C=C\C=C\C=C\[C]=O. The van der Waals surface area contributed by atoms with E-state index in [0.717, 1.165) is 0 Å². The largest absolute Gasteiger partial charge is 0.286 e. The molecule has 1 nitrogen and oxygen atoms in total. The van der Waals surface area contributed by atoms with E-state index in [-0.39, 0.29) is 0 Å². The highest BCUT2D eigenvalue weighted by Gasteiger charge is 1.90. The van der Waals surface area contributed by atoms with Gasteiger partial charge in [0, 0.05) is 0 Å². The zero-order chi connectivity index (χ0) is 16.8. The van der Waals surface area contributed by atoms with Crippen molar-refractivity contribution in [1.29, 1.82) is 0 Å². The van der Waals surface area contributed by atoms with E-state index in [2.05, 4.69) is 19.1 Å². The Hall–Kier alpha value is -1.63. The molecule has 127 valence electrons. The summed E-state index contributed by atoms with van der Waals surface area (Å²) in [4.78, 5) is 9.90. The molecule has 0 saturated carbocycles. The van der Waals surface area contributed by atoms with Gasteiger partial charge in [0.15, 0.2) is 0 Å². The second-order valence-corrected chi connectivity index (χ2v) is 5.68. The van der Waals surface area contributed by atoms with Gasteiger partial charge in [-0.1, -0.05) is 113 Å². The van der Waals surface area contributed by atoms with E-state index in [0.29, 0.717) is 0 Å². The molecule has 0 rings (SSSR count). The molecular formula is C22H33O. The molecule has 0 aliphatic heterocycles. The minimum absolute atomic E-state index is 1.18. The third kappa shape index (κ3) is 20.4. The first-order chi connectivity index (χ1) is 11.4. The minimum Gasteiger partial charge on any atom is -0.286 e. The van der Waals surface area contributed by atoms with Gasteiger partial charge in [0.25, 0.3) is 0 Å². The van der Waals surface area contributed by atoms with Crippen molar-refractivity contribution in [2.75, 3.05) is 0 Å². The Kier molecular flexibility index (Phi) is 18.9. The van der Waals surface area contributed by atoms with Gasteiger partial charge in [-0.2, -0.15) is 0 Å². The molecule has 0 aromatic rings. The zero-order valence-corrected chi connectivity index (χ0v) is 14.8. The van der Waals surface area contributed by atoms with Crippen LogP contribution >= 0.6 is 0 Å². The molecule has 0 amide bonds. The van der Waals surface area contributed by atoms with Gasteiger partial charge < -0.3 is 0 Å². The molecular weight excluding hydrogens is 280 g/mol. The molecule has 0 unspecified atom stereocenters. The number of hydrogen-bond acceptors (Lipinski definition) is 1. The molecule has 0 aliphatic rings.